The molecule has 1 aromatic carbocycles. The molecule has 9 heteroatoms. The van der Waals surface area contributed by atoms with Crippen LogP contribution in [0.4, 0.5) is 11.5 Å². The van der Waals surface area contributed by atoms with Crippen molar-refractivity contribution >= 4 is 34.9 Å². The number of unbranched alkanes of at least 4 members (excludes halogenated alkanes) is 1. The number of aliphatic carboxylic acids is 1. The fourth-order valence-corrected chi connectivity index (χ4v) is 4.57. The van der Waals surface area contributed by atoms with Gasteiger partial charge in [-0.15, -0.1) is 0 Å². The minimum atomic E-state index is -1.15. The van der Waals surface area contributed by atoms with Crippen molar-refractivity contribution in [2.45, 2.75) is 57.0 Å². The van der Waals surface area contributed by atoms with Crippen molar-refractivity contribution in [1.29, 1.82) is 0 Å². The molecular weight excluding hydrogens is 458 g/mol. The highest BCUT2D eigenvalue weighted by atomic mass is 16.4. The third-order valence-electron chi connectivity index (χ3n) is 6.59. The zero-order valence-electron chi connectivity index (χ0n) is 20.3. The van der Waals surface area contributed by atoms with Gasteiger partial charge < -0.3 is 26.4 Å². The van der Waals surface area contributed by atoms with Gasteiger partial charge in [-0.05, 0) is 61.8 Å². The Morgan fingerprint density at radius 3 is 2.81 bits per heavy atom. The highest BCUT2D eigenvalue weighted by Gasteiger charge is 2.32. The number of fused-ring (bicyclic) bond motifs is 2. The van der Waals surface area contributed by atoms with Gasteiger partial charge in [0.1, 0.15) is 17.9 Å². The molecule has 2 aliphatic rings. The number of pyridine rings is 1. The Morgan fingerprint density at radius 1 is 1.17 bits per heavy atom. The van der Waals surface area contributed by atoms with Gasteiger partial charge in [0.2, 0.25) is 11.8 Å². The van der Waals surface area contributed by atoms with Gasteiger partial charge in [0.25, 0.3) is 0 Å². The van der Waals surface area contributed by atoms with E-state index in [0.717, 1.165) is 55.0 Å². The molecule has 3 heterocycles. The van der Waals surface area contributed by atoms with Gasteiger partial charge >= 0.3 is 5.97 Å². The average Bonchev–Trinajstić information content (AvgIpc) is 3.22. The van der Waals surface area contributed by atoms with Gasteiger partial charge in [0.15, 0.2) is 0 Å². The first-order valence-corrected chi connectivity index (χ1v) is 12.5. The molecule has 9 nitrogen and oxygen atoms in total. The summed E-state index contributed by atoms with van der Waals surface area (Å²) in [6.07, 6.45) is 5.00. The van der Waals surface area contributed by atoms with Crippen LogP contribution >= 0.6 is 0 Å². The van der Waals surface area contributed by atoms with Gasteiger partial charge in [0.05, 0.1) is 0 Å². The van der Waals surface area contributed by atoms with Crippen molar-refractivity contribution in [2.75, 3.05) is 23.7 Å². The normalized spacial score (nSPS) is 16.7. The molecular formula is C27H33N5O4. The standard InChI is InChI=1S/C27H33N5O4/c1-17-20-9-3-4-10-21(20)31-24(17)26(34)32-22(27(35)36)14-16-28-23(33)11-5-2-8-19-13-12-18-7-6-15-29-25(18)30-19/h3-4,9-10,12-13,22,24,31H,1-2,5-8,11,14-16H2,(H,28,33)(H,29,30)(H,32,34)(H,35,36). The Balaban J connectivity index is 1.15. The second-order valence-electron chi connectivity index (χ2n) is 9.23. The van der Waals surface area contributed by atoms with E-state index < -0.39 is 24.0 Å². The van der Waals surface area contributed by atoms with Crippen LogP contribution in [0.25, 0.3) is 5.57 Å². The molecule has 0 aliphatic carbocycles. The number of hydrogen-bond donors (Lipinski definition) is 5. The number of para-hydroxylation sites is 1. The third-order valence-corrected chi connectivity index (χ3v) is 6.59. The molecule has 0 fully saturated rings. The van der Waals surface area contributed by atoms with E-state index in [9.17, 15) is 19.5 Å². The molecule has 190 valence electrons. The molecule has 5 N–H and O–H groups in total. The van der Waals surface area contributed by atoms with Crippen LogP contribution in [-0.2, 0) is 27.2 Å². The lowest BCUT2D eigenvalue weighted by Gasteiger charge is -2.19. The second kappa shape index (κ2) is 11.7. The summed E-state index contributed by atoms with van der Waals surface area (Å²) < 4.78 is 0. The molecule has 0 bridgehead atoms. The van der Waals surface area contributed by atoms with Crippen molar-refractivity contribution in [1.82, 2.24) is 15.6 Å². The predicted molar refractivity (Wildman–Crippen MR) is 139 cm³/mol. The van der Waals surface area contributed by atoms with Crippen molar-refractivity contribution in [3.8, 4) is 0 Å². The molecule has 2 amide bonds. The Hall–Kier alpha value is -3.88. The lowest BCUT2D eigenvalue weighted by Crippen LogP contribution is -2.48. The molecule has 2 aliphatic heterocycles. The Morgan fingerprint density at radius 2 is 2.00 bits per heavy atom. The van der Waals surface area contributed by atoms with Crippen LogP contribution in [0.3, 0.4) is 0 Å². The monoisotopic (exact) mass is 491 g/mol. The number of hydrogen-bond acceptors (Lipinski definition) is 6. The SMILES string of the molecule is C=C1c2ccccc2NC1C(=O)NC(CCNC(=O)CCCCc1ccc2c(n1)NCCC2)C(=O)O. The summed E-state index contributed by atoms with van der Waals surface area (Å²) >= 11 is 0. The predicted octanol–water partition coefficient (Wildman–Crippen LogP) is 2.74. The summed E-state index contributed by atoms with van der Waals surface area (Å²) in [6.45, 7) is 5.09. The minimum Gasteiger partial charge on any atom is -0.480 e. The molecule has 36 heavy (non-hydrogen) atoms. The van der Waals surface area contributed by atoms with E-state index in [1.807, 2.05) is 24.3 Å². The topological polar surface area (TPSA) is 132 Å². The van der Waals surface area contributed by atoms with Crippen molar-refractivity contribution in [2.24, 2.45) is 0 Å². The van der Waals surface area contributed by atoms with Gasteiger partial charge in [0, 0.05) is 36.5 Å². The molecule has 2 atom stereocenters. The maximum absolute atomic E-state index is 12.7. The van der Waals surface area contributed by atoms with Crippen LogP contribution in [0.15, 0.2) is 43.0 Å². The lowest BCUT2D eigenvalue weighted by molar-refractivity contribution is -0.142. The zero-order valence-corrected chi connectivity index (χ0v) is 20.3. The highest BCUT2D eigenvalue weighted by Crippen LogP contribution is 2.33. The number of nitrogens with one attached hydrogen (secondary N) is 4. The number of aromatic nitrogens is 1. The van der Waals surface area contributed by atoms with Crippen LogP contribution in [0.1, 0.15) is 48.9 Å². The molecule has 4 rings (SSSR count). The van der Waals surface area contributed by atoms with E-state index >= 15 is 0 Å². The molecule has 0 radical (unpaired) electrons. The van der Waals surface area contributed by atoms with Crippen LogP contribution < -0.4 is 21.3 Å². The molecule has 0 saturated heterocycles. The number of amides is 2. The van der Waals surface area contributed by atoms with E-state index in [4.69, 9.17) is 0 Å². The Kier molecular flexibility index (Phi) is 8.20. The Bertz CT molecular complexity index is 1150. The molecule has 1 aromatic heterocycles. The highest BCUT2D eigenvalue weighted by molar-refractivity contribution is 6.04. The number of benzene rings is 1. The average molecular weight is 492 g/mol. The minimum absolute atomic E-state index is 0.0883. The van der Waals surface area contributed by atoms with Gasteiger partial charge in [-0.3, -0.25) is 9.59 Å². The maximum Gasteiger partial charge on any atom is 0.326 e. The van der Waals surface area contributed by atoms with Gasteiger partial charge in [-0.1, -0.05) is 30.8 Å². The summed E-state index contributed by atoms with van der Waals surface area (Å²) in [5, 5.41) is 21.3. The smallest absolute Gasteiger partial charge is 0.326 e. The van der Waals surface area contributed by atoms with E-state index in [-0.39, 0.29) is 18.9 Å². The Labute approximate surface area is 210 Å². The van der Waals surface area contributed by atoms with Crippen molar-refractivity contribution in [3.63, 3.8) is 0 Å². The number of carboxylic acid groups (broad SMARTS) is 1. The number of nitrogens with zero attached hydrogens (tertiary/aromatic N) is 1. The number of carboxylic acids is 1. The molecule has 2 aromatic rings. The summed E-state index contributed by atoms with van der Waals surface area (Å²) in [5.74, 6) is -0.757. The first kappa shape index (κ1) is 25.2. The summed E-state index contributed by atoms with van der Waals surface area (Å²) in [4.78, 5) is 41.3. The number of carbonyl (C=O) groups is 3. The zero-order chi connectivity index (χ0) is 25.5. The fourth-order valence-electron chi connectivity index (χ4n) is 4.57. The first-order valence-electron chi connectivity index (χ1n) is 12.5. The summed E-state index contributed by atoms with van der Waals surface area (Å²) in [6, 6.07) is 9.77. The van der Waals surface area contributed by atoms with Crippen molar-refractivity contribution in [3.05, 3.63) is 59.8 Å². The lowest BCUT2D eigenvalue weighted by atomic mass is 10.0. The number of rotatable bonds is 11. The van der Waals surface area contributed by atoms with Crippen LogP contribution in [-0.4, -0.2) is 53.0 Å². The van der Waals surface area contributed by atoms with Crippen LogP contribution in [0.2, 0.25) is 0 Å². The molecule has 0 saturated carbocycles. The largest absolute Gasteiger partial charge is 0.480 e. The number of anilines is 2. The maximum atomic E-state index is 12.7. The number of aryl methyl sites for hydroxylation is 2. The first-order chi connectivity index (χ1) is 17.4. The number of carbonyl (C=O) groups excluding carboxylic acids is 2. The van der Waals surface area contributed by atoms with Gasteiger partial charge in [-0.25, -0.2) is 9.78 Å². The molecule has 0 spiro atoms. The van der Waals surface area contributed by atoms with Gasteiger partial charge in [-0.2, -0.15) is 0 Å². The van der Waals surface area contributed by atoms with Crippen molar-refractivity contribution < 1.29 is 19.5 Å². The van der Waals surface area contributed by atoms with E-state index in [1.54, 1.807) is 0 Å². The second-order valence-corrected chi connectivity index (χ2v) is 9.23. The summed E-state index contributed by atoms with van der Waals surface area (Å²) in [5.41, 5.74) is 4.51. The fraction of sp³-hybridized carbons (Fsp3) is 0.407. The van der Waals surface area contributed by atoms with E-state index in [1.165, 1.54) is 5.56 Å². The van der Waals surface area contributed by atoms with E-state index in [2.05, 4.69) is 45.0 Å². The summed E-state index contributed by atoms with van der Waals surface area (Å²) in [7, 11) is 0. The van der Waals surface area contributed by atoms with Crippen LogP contribution in [0, 0.1) is 0 Å². The third kappa shape index (κ3) is 6.21. The quantitative estimate of drug-likeness (QED) is 0.305. The molecule has 2 unspecified atom stereocenters. The van der Waals surface area contributed by atoms with Crippen LogP contribution in [0.5, 0.6) is 0 Å². The van der Waals surface area contributed by atoms with E-state index in [0.29, 0.717) is 18.4 Å².